The van der Waals surface area contributed by atoms with Gasteiger partial charge in [0.1, 0.15) is 12.1 Å². The Balaban J connectivity index is 2.94. The summed E-state index contributed by atoms with van der Waals surface area (Å²) in [6, 6.07) is 4.95. The molecule has 0 aromatic heterocycles. The van der Waals surface area contributed by atoms with E-state index >= 15 is 0 Å². The van der Waals surface area contributed by atoms with Gasteiger partial charge >= 0.3 is 12.1 Å². The summed E-state index contributed by atoms with van der Waals surface area (Å²) in [5.74, 6) is -0.543. The molecule has 0 aliphatic carbocycles. The minimum Gasteiger partial charge on any atom is -0.468 e. The third kappa shape index (κ3) is 5.81. The summed E-state index contributed by atoms with van der Waals surface area (Å²) < 4.78 is 9.90. The number of rotatable bonds is 4. The zero-order valence-electron chi connectivity index (χ0n) is 13.2. The smallest absolute Gasteiger partial charge is 0.411 e. The second-order valence-electron chi connectivity index (χ2n) is 5.76. The molecular formula is C15H21ClN2O4. The standard InChI is InChI=1S/C15H21ClN2O4/c1-15(2,3)22-14(20)18(9-13(19)21-4)8-10-5-6-11(16)7-12(10)17/h5-7H,8-9,17H2,1-4H3. The molecule has 1 rings (SSSR count). The number of amides is 1. The Labute approximate surface area is 135 Å². The molecule has 122 valence electrons. The van der Waals surface area contributed by atoms with Crippen molar-refractivity contribution >= 4 is 29.4 Å². The van der Waals surface area contributed by atoms with Crippen LogP contribution in [0.1, 0.15) is 26.3 Å². The van der Waals surface area contributed by atoms with E-state index in [1.807, 2.05) is 0 Å². The second-order valence-corrected chi connectivity index (χ2v) is 6.19. The monoisotopic (exact) mass is 328 g/mol. The maximum atomic E-state index is 12.2. The van der Waals surface area contributed by atoms with Crippen LogP contribution in [0.15, 0.2) is 18.2 Å². The predicted octanol–water partition coefficient (Wildman–Crippen LogP) is 2.83. The largest absolute Gasteiger partial charge is 0.468 e. The van der Waals surface area contributed by atoms with Gasteiger partial charge in [-0.2, -0.15) is 0 Å². The second kappa shape index (κ2) is 7.35. The molecular weight excluding hydrogens is 308 g/mol. The Morgan fingerprint density at radius 1 is 1.32 bits per heavy atom. The van der Waals surface area contributed by atoms with E-state index in [9.17, 15) is 9.59 Å². The lowest BCUT2D eigenvalue weighted by molar-refractivity contribution is -0.142. The summed E-state index contributed by atoms with van der Waals surface area (Å²) in [7, 11) is 1.26. The highest BCUT2D eigenvalue weighted by Gasteiger charge is 2.25. The van der Waals surface area contributed by atoms with Crippen molar-refractivity contribution in [3.63, 3.8) is 0 Å². The number of methoxy groups -OCH3 is 1. The van der Waals surface area contributed by atoms with Crippen LogP contribution in [0.4, 0.5) is 10.5 Å². The number of nitrogens with zero attached hydrogens (tertiary/aromatic N) is 1. The fraction of sp³-hybridized carbons (Fsp3) is 0.467. The van der Waals surface area contributed by atoms with Gasteiger partial charge in [-0.15, -0.1) is 0 Å². The number of benzene rings is 1. The van der Waals surface area contributed by atoms with Crippen molar-refractivity contribution < 1.29 is 19.1 Å². The van der Waals surface area contributed by atoms with Crippen LogP contribution >= 0.6 is 11.6 Å². The minimum atomic E-state index is -0.670. The van der Waals surface area contributed by atoms with Gasteiger partial charge in [0.05, 0.1) is 13.7 Å². The van der Waals surface area contributed by atoms with Gasteiger partial charge in [0.15, 0.2) is 0 Å². The highest BCUT2D eigenvalue weighted by Crippen LogP contribution is 2.20. The molecule has 22 heavy (non-hydrogen) atoms. The van der Waals surface area contributed by atoms with Crippen molar-refractivity contribution in [2.75, 3.05) is 19.4 Å². The molecule has 7 heteroatoms. The van der Waals surface area contributed by atoms with Crippen molar-refractivity contribution in [2.45, 2.75) is 32.9 Å². The van der Waals surface area contributed by atoms with Crippen molar-refractivity contribution in [1.29, 1.82) is 0 Å². The summed E-state index contributed by atoms with van der Waals surface area (Å²) >= 11 is 5.85. The fourth-order valence-corrected chi connectivity index (χ4v) is 1.83. The summed E-state index contributed by atoms with van der Waals surface area (Å²) in [4.78, 5) is 25.0. The Morgan fingerprint density at radius 2 is 1.95 bits per heavy atom. The quantitative estimate of drug-likeness (QED) is 0.679. The molecule has 0 aliphatic heterocycles. The Kier molecular flexibility index (Phi) is 6.05. The third-order valence-electron chi connectivity index (χ3n) is 2.67. The molecule has 1 amide bonds. The lowest BCUT2D eigenvalue weighted by atomic mass is 10.1. The van der Waals surface area contributed by atoms with Crippen molar-refractivity contribution in [2.24, 2.45) is 0 Å². The molecule has 0 radical (unpaired) electrons. The van der Waals surface area contributed by atoms with Gasteiger partial charge in [-0.3, -0.25) is 9.69 Å². The van der Waals surface area contributed by atoms with Gasteiger partial charge < -0.3 is 15.2 Å². The number of esters is 1. The minimum absolute atomic E-state index is 0.118. The van der Waals surface area contributed by atoms with Gasteiger partial charge in [0, 0.05) is 10.7 Å². The van der Waals surface area contributed by atoms with Crippen LogP contribution in [0.2, 0.25) is 5.02 Å². The Bertz CT molecular complexity index is 555. The van der Waals surface area contributed by atoms with E-state index in [0.717, 1.165) is 0 Å². The number of hydrogen-bond donors (Lipinski definition) is 1. The molecule has 1 aromatic rings. The summed E-state index contributed by atoms with van der Waals surface area (Å²) in [5, 5.41) is 0.498. The first kappa shape index (κ1) is 18.1. The van der Waals surface area contributed by atoms with Crippen LogP contribution in [-0.4, -0.2) is 36.2 Å². The topological polar surface area (TPSA) is 81.9 Å². The van der Waals surface area contributed by atoms with E-state index in [2.05, 4.69) is 4.74 Å². The average molecular weight is 329 g/mol. The first-order valence-corrected chi connectivity index (χ1v) is 7.09. The Hall–Kier alpha value is -1.95. The number of carbonyl (C=O) groups is 2. The van der Waals surface area contributed by atoms with Gasteiger partial charge in [0.25, 0.3) is 0 Å². The van der Waals surface area contributed by atoms with Crippen LogP contribution in [0.3, 0.4) is 0 Å². The molecule has 0 fully saturated rings. The SMILES string of the molecule is COC(=O)CN(Cc1ccc(Cl)cc1N)C(=O)OC(C)(C)C. The van der Waals surface area contributed by atoms with Crippen LogP contribution in [0.5, 0.6) is 0 Å². The number of halogens is 1. The maximum Gasteiger partial charge on any atom is 0.411 e. The van der Waals surface area contributed by atoms with Crippen molar-refractivity contribution in [3.8, 4) is 0 Å². The zero-order valence-corrected chi connectivity index (χ0v) is 13.9. The first-order chi connectivity index (χ1) is 10.1. The molecule has 0 spiro atoms. The number of nitrogens with two attached hydrogens (primary N) is 1. The van der Waals surface area contributed by atoms with Crippen LogP contribution < -0.4 is 5.73 Å². The van der Waals surface area contributed by atoms with Gasteiger partial charge in [-0.1, -0.05) is 17.7 Å². The molecule has 0 saturated heterocycles. The van der Waals surface area contributed by atoms with Crippen LogP contribution in [-0.2, 0) is 20.8 Å². The number of nitrogen functional groups attached to an aromatic ring is 1. The highest BCUT2D eigenvalue weighted by molar-refractivity contribution is 6.30. The zero-order chi connectivity index (χ0) is 16.9. The average Bonchev–Trinajstić information content (AvgIpc) is 2.38. The van der Waals surface area contributed by atoms with E-state index in [0.29, 0.717) is 16.3 Å². The normalized spacial score (nSPS) is 11.0. The van der Waals surface area contributed by atoms with Crippen molar-refractivity contribution in [3.05, 3.63) is 28.8 Å². The highest BCUT2D eigenvalue weighted by atomic mass is 35.5. The lowest BCUT2D eigenvalue weighted by Crippen LogP contribution is -2.39. The Morgan fingerprint density at radius 3 is 2.45 bits per heavy atom. The van der Waals surface area contributed by atoms with Crippen molar-refractivity contribution in [1.82, 2.24) is 4.90 Å². The summed E-state index contributed by atoms with van der Waals surface area (Å²) in [5.41, 5.74) is 6.31. The molecule has 0 heterocycles. The van der Waals surface area contributed by atoms with Crippen LogP contribution in [0, 0.1) is 0 Å². The van der Waals surface area contributed by atoms with E-state index in [-0.39, 0.29) is 13.1 Å². The van der Waals surface area contributed by atoms with Crippen LogP contribution in [0.25, 0.3) is 0 Å². The van der Waals surface area contributed by atoms with Gasteiger partial charge in [-0.05, 0) is 38.5 Å². The van der Waals surface area contributed by atoms with E-state index in [4.69, 9.17) is 22.1 Å². The van der Waals surface area contributed by atoms with E-state index < -0.39 is 17.7 Å². The first-order valence-electron chi connectivity index (χ1n) is 6.71. The third-order valence-corrected chi connectivity index (χ3v) is 2.90. The molecule has 1 aromatic carbocycles. The maximum absolute atomic E-state index is 12.2. The number of ether oxygens (including phenoxy) is 2. The molecule has 0 aliphatic rings. The number of carbonyl (C=O) groups excluding carboxylic acids is 2. The number of anilines is 1. The fourth-order valence-electron chi connectivity index (χ4n) is 1.65. The van der Waals surface area contributed by atoms with Gasteiger partial charge in [-0.25, -0.2) is 4.79 Å². The summed E-state index contributed by atoms with van der Waals surface area (Å²) in [6.45, 7) is 5.13. The molecule has 2 N–H and O–H groups in total. The summed E-state index contributed by atoms with van der Waals surface area (Å²) in [6.07, 6.45) is -0.618. The predicted molar refractivity (Wildman–Crippen MR) is 84.5 cm³/mol. The van der Waals surface area contributed by atoms with E-state index in [1.54, 1.807) is 39.0 Å². The molecule has 0 unspecified atom stereocenters. The molecule has 0 bridgehead atoms. The molecule has 0 saturated carbocycles. The molecule has 0 atom stereocenters. The number of hydrogen-bond acceptors (Lipinski definition) is 5. The molecule has 6 nitrogen and oxygen atoms in total. The lowest BCUT2D eigenvalue weighted by Gasteiger charge is -2.27. The van der Waals surface area contributed by atoms with Gasteiger partial charge in [0.2, 0.25) is 0 Å². The van der Waals surface area contributed by atoms with E-state index in [1.165, 1.54) is 12.0 Å².